The topological polar surface area (TPSA) is 29.5 Å². The van der Waals surface area contributed by atoms with Crippen molar-refractivity contribution < 1.29 is 9.53 Å². The Bertz CT molecular complexity index is 263. The number of carbonyl (C=O) groups is 1. The number of nitrogens with zero attached hydrogens (tertiary/aromatic N) is 1. The molecule has 0 radical (unpaired) electrons. The van der Waals surface area contributed by atoms with Gasteiger partial charge in [0, 0.05) is 31.5 Å². The molecule has 3 nitrogen and oxygen atoms in total. The molecule has 1 unspecified atom stereocenters. The van der Waals surface area contributed by atoms with Crippen molar-refractivity contribution in [1.82, 2.24) is 4.90 Å². The van der Waals surface area contributed by atoms with E-state index in [1.165, 1.54) is 19.3 Å². The molecule has 104 valence electrons. The molecule has 1 saturated heterocycles. The minimum Gasteiger partial charge on any atom is -0.378 e. The fourth-order valence-electron chi connectivity index (χ4n) is 2.76. The smallest absolute Gasteiger partial charge is 0.222 e. The first-order chi connectivity index (χ1) is 8.81. The summed E-state index contributed by atoms with van der Waals surface area (Å²) in [7, 11) is 0. The summed E-state index contributed by atoms with van der Waals surface area (Å²) in [5.41, 5.74) is 0. The van der Waals surface area contributed by atoms with Gasteiger partial charge < -0.3 is 9.64 Å². The molecule has 1 saturated carbocycles. The van der Waals surface area contributed by atoms with E-state index in [-0.39, 0.29) is 5.91 Å². The molecular weight excluding hydrogens is 250 g/mol. The van der Waals surface area contributed by atoms with E-state index in [2.05, 4.69) is 0 Å². The summed E-state index contributed by atoms with van der Waals surface area (Å²) < 4.78 is 5.67. The number of hydrogen-bond donors (Lipinski definition) is 0. The number of amides is 1. The highest BCUT2D eigenvalue weighted by atomic mass is 35.5. The lowest BCUT2D eigenvalue weighted by atomic mass is 9.91. The van der Waals surface area contributed by atoms with Crippen LogP contribution < -0.4 is 0 Å². The summed E-state index contributed by atoms with van der Waals surface area (Å²) in [5, 5.41) is 0. The van der Waals surface area contributed by atoms with Crippen LogP contribution in [-0.2, 0) is 9.53 Å². The SMILES string of the molecule is O=C(CCC1CCCCO1)N(CCCl)C1CCC1. The highest BCUT2D eigenvalue weighted by Crippen LogP contribution is 2.26. The fourth-order valence-corrected chi connectivity index (χ4v) is 2.95. The van der Waals surface area contributed by atoms with Crippen molar-refractivity contribution in [2.75, 3.05) is 19.0 Å². The number of ether oxygens (including phenoxy) is 1. The molecule has 2 fully saturated rings. The Morgan fingerprint density at radius 2 is 2.06 bits per heavy atom. The van der Waals surface area contributed by atoms with Crippen LogP contribution in [0.3, 0.4) is 0 Å². The quantitative estimate of drug-likeness (QED) is 0.697. The zero-order chi connectivity index (χ0) is 12.8. The highest BCUT2D eigenvalue weighted by molar-refractivity contribution is 6.18. The van der Waals surface area contributed by atoms with Gasteiger partial charge in [-0.3, -0.25) is 4.79 Å². The monoisotopic (exact) mass is 273 g/mol. The largest absolute Gasteiger partial charge is 0.378 e. The Labute approximate surface area is 115 Å². The minimum atomic E-state index is 0.273. The second-order valence-electron chi connectivity index (χ2n) is 5.39. The van der Waals surface area contributed by atoms with E-state index in [0.29, 0.717) is 31.0 Å². The van der Waals surface area contributed by atoms with Crippen LogP contribution in [0.4, 0.5) is 0 Å². The lowest BCUT2D eigenvalue weighted by molar-refractivity contribution is -0.136. The Balaban J connectivity index is 1.73. The maximum Gasteiger partial charge on any atom is 0.222 e. The minimum absolute atomic E-state index is 0.273. The van der Waals surface area contributed by atoms with Gasteiger partial charge in [0.1, 0.15) is 0 Å². The molecule has 0 aromatic rings. The first-order valence-corrected chi connectivity index (χ1v) is 7.81. The van der Waals surface area contributed by atoms with Crippen LogP contribution in [0.1, 0.15) is 51.4 Å². The van der Waals surface area contributed by atoms with Gasteiger partial charge in [0.15, 0.2) is 0 Å². The van der Waals surface area contributed by atoms with Crippen LogP contribution in [0.5, 0.6) is 0 Å². The molecule has 4 heteroatoms. The van der Waals surface area contributed by atoms with Gasteiger partial charge in [0.2, 0.25) is 5.91 Å². The van der Waals surface area contributed by atoms with Crippen LogP contribution in [0.2, 0.25) is 0 Å². The van der Waals surface area contributed by atoms with E-state index >= 15 is 0 Å². The van der Waals surface area contributed by atoms with E-state index in [1.807, 2.05) is 4.90 Å². The normalized spacial score (nSPS) is 24.6. The lowest BCUT2D eigenvalue weighted by Gasteiger charge is -2.37. The van der Waals surface area contributed by atoms with Crippen LogP contribution in [-0.4, -0.2) is 42.0 Å². The van der Waals surface area contributed by atoms with Crippen molar-refractivity contribution in [3.05, 3.63) is 0 Å². The van der Waals surface area contributed by atoms with Gasteiger partial charge in [-0.25, -0.2) is 0 Å². The third kappa shape index (κ3) is 3.86. The summed E-state index contributed by atoms with van der Waals surface area (Å²) in [6.45, 7) is 1.57. The summed E-state index contributed by atoms with van der Waals surface area (Å²) in [6, 6.07) is 0.462. The van der Waals surface area contributed by atoms with Crippen molar-refractivity contribution in [2.45, 2.75) is 63.5 Å². The molecule has 0 spiro atoms. The Morgan fingerprint density at radius 3 is 2.61 bits per heavy atom. The standard InChI is InChI=1S/C14H24ClNO2/c15-9-10-16(12-4-3-5-12)14(17)8-7-13-6-1-2-11-18-13/h12-13H,1-11H2. The van der Waals surface area contributed by atoms with Gasteiger partial charge in [0.25, 0.3) is 0 Å². The molecule has 0 aromatic carbocycles. The molecule has 1 atom stereocenters. The second kappa shape index (κ2) is 7.34. The Morgan fingerprint density at radius 1 is 1.22 bits per heavy atom. The Hall–Kier alpha value is -0.280. The molecule has 2 rings (SSSR count). The van der Waals surface area contributed by atoms with Gasteiger partial charge >= 0.3 is 0 Å². The van der Waals surface area contributed by atoms with Crippen LogP contribution >= 0.6 is 11.6 Å². The molecule has 1 aliphatic carbocycles. The van der Waals surface area contributed by atoms with E-state index in [9.17, 15) is 4.79 Å². The fraction of sp³-hybridized carbons (Fsp3) is 0.929. The molecule has 1 amide bonds. The summed E-state index contributed by atoms with van der Waals surface area (Å²) >= 11 is 5.80. The zero-order valence-electron chi connectivity index (χ0n) is 11.1. The van der Waals surface area contributed by atoms with Gasteiger partial charge in [0.05, 0.1) is 6.10 Å². The average Bonchev–Trinajstić information content (AvgIpc) is 2.34. The first kappa shape index (κ1) is 14.1. The number of alkyl halides is 1. The number of carbonyl (C=O) groups excluding carboxylic acids is 1. The predicted molar refractivity (Wildman–Crippen MR) is 72.9 cm³/mol. The molecule has 0 N–H and O–H groups in total. The van der Waals surface area contributed by atoms with E-state index in [0.717, 1.165) is 32.3 Å². The summed E-state index contributed by atoms with van der Waals surface area (Å²) in [6.07, 6.45) is 8.90. The maximum absolute atomic E-state index is 12.2. The predicted octanol–water partition coefficient (Wildman–Crippen LogP) is 2.96. The van der Waals surface area contributed by atoms with Gasteiger partial charge in [-0.1, -0.05) is 0 Å². The molecule has 0 bridgehead atoms. The number of rotatable bonds is 6. The Kier molecular flexibility index (Phi) is 5.77. The van der Waals surface area contributed by atoms with E-state index in [4.69, 9.17) is 16.3 Å². The molecule has 1 heterocycles. The maximum atomic E-state index is 12.2. The first-order valence-electron chi connectivity index (χ1n) is 7.28. The van der Waals surface area contributed by atoms with Gasteiger partial charge in [-0.15, -0.1) is 11.6 Å². The van der Waals surface area contributed by atoms with Crippen molar-refractivity contribution in [1.29, 1.82) is 0 Å². The summed E-state index contributed by atoms with van der Waals surface area (Å²) in [5.74, 6) is 0.817. The lowest BCUT2D eigenvalue weighted by Crippen LogP contribution is -2.45. The third-order valence-corrected chi connectivity index (χ3v) is 4.28. The van der Waals surface area contributed by atoms with Gasteiger partial charge in [-0.2, -0.15) is 0 Å². The highest BCUT2D eigenvalue weighted by Gasteiger charge is 2.28. The van der Waals surface area contributed by atoms with Crippen LogP contribution in [0.15, 0.2) is 0 Å². The summed E-state index contributed by atoms with van der Waals surface area (Å²) in [4.78, 5) is 14.2. The number of halogens is 1. The molecule has 1 aliphatic heterocycles. The third-order valence-electron chi connectivity index (χ3n) is 4.12. The average molecular weight is 274 g/mol. The molecule has 0 aromatic heterocycles. The van der Waals surface area contributed by atoms with Crippen LogP contribution in [0.25, 0.3) is 0 Å². The number of hydrogen-bond acceptors (Lipinski definition) is 2. The molecule has 18 heavy (non-hydrogen) atoms. The van der Waals surface area contributed by atoms with Crippen molar-refractivity contribution in [2.24, 2.45) is 0 Å². The zero-order valence-corrected chi connectivity index (χ0v) is 11.8. The second-order valence-corrected chi connectivity index (χ2v) is 5.77. The van der Waals surface area contributed by atoms with E-state index < -0.39 is 0 Å². The van der Waals surface area contributed by atoms with E-state index in [1.54, 1.807) is 0 Å². The van der Waals surface area contributed by atoms with Crippen molar-refractivity contribution >= 4 is 17.5 Å². The molecule has 2 aliphatic rings. The van der Waals surface area contributed by atoms with Crippen molar-refractivity contribution in [3.63, 3.8) is 0 Å². The van der Waals surface area contributed by atoms with Crippen molar-refractivity contribution in [3.8, 4) is 0 Å². The molecular formula is C14H24ClNO2. The van der Waals surface area contributed by atoms with Crippen LogP contribution in [0, 0.1) is 0 Å². The van der Waals surface area contributed by atoms with Gasteiger partial charge in [-0.05, 0) is 44.9 Å².